The molecule has 0 aliphatic carbocycles. The first-order valence-electron chi connectivity index (χ1n) is 6.89. The van der Waals surface area contributed by atoms with Crippen molar-refractivity contribution in [2.24, 2.45) is 5.92 Å². The van der Waals surface area contributed by atoms with Crippen molar-refractivity contribution in [3.8, 4) is 0 Å². The summed E-state index contributed by atoms with van der Waals surface area (Å²) in [6, 6.07) is 7.93. The van der Waals surface area contributed by atoms with Crippen LogP contribution in [0.5, 0.6) is 0 Å². The summed E-state index contributed by atoms with van der Waals surface area (Å²) >= 11 is 1.97. The van der Waals surface area contributed by atoms with Gasteiger partial charge in [-0.1, -0.05) is 12.1 Å². The lowest BCUT2D eigenvalue weighted by Crippen LogP contribution is -2.43. The van der Waals surface area contributed by atoms with Gasteiger partial charge in [-0.3, -0.25) is 4.79 Å². The van der Waals surface area contributed by atoms with E-state index in [0.29, 0.717) is 6.42 Å². The molecule has 1 fully saturated rings. The standard InChI is InChI=1S/C15H22N2OS/c1-12-4-2-5-14(8-12)17-15(18)6-3-7-19-11-13-9-16-10-13/h2,4-5,8,13,16H,3,6-7,9-11H2,1H3,(H,17,18). The number of benzene rings is 1. The van der Waals surface area contributed by atoms with E-state index in [2.05, 4.69) is 10.6 Å². The number of thioether (sulfide) groups is 1. The van der Waals surface area contributed by atoms with Gasteiger partial charge in [-0.15, -0.1) is 0 Å². The molecule has 1 amide bonds. The van der Waals surface area contributed by atoms with Crippen LogP contribution in [0, 0.1) is 12.8 Å². The van der Waals surface area contributed by atoms with Crippen molar-refractivity contribution in [2.75, 3.05) is 29.9 Å². The van der Waals surface area contributed by atoms with E-state index in [1.165, 1.54) is 24.4 Å². The highest BCUT2D eigenvalue weighted by Crippen LogP contribution is 2.14. The second-order valence-corrected chi connectivity index (χ2v) is 6.27. The Labute approximate surface area is 119 Å². The second kappa shape index (κ2) is 7.56. The highest BCUT2D eigenvalue weighted by Gasteiger charge is 2.15. The molecule has 2 N–H and O–H groups in total. The van der Waals surface area contributed by atoms with Crippen LogP contribution in [0.15, 0.2) is 24.3 Å². The van der Waals surface area contributed by atoms with E-state index in [1.54, 1.807) is 0 Å². The molecule has 0 radical (unpaired) electrons. The number of nitrogens with one attached hydrogen (secondary N) is 2. The van der Waals surface area contributed by atoms with E-state index in [0.717, 1.165) is 23.8 Å². The lowest BCUT2D eigenvalue weighted by Gasteiger charge is -2.26. The Bertz CT molecular complexity index is 418. The molecule has 0 spiro atoms. The van der Waals surface area contributed by atoms with E-state index in [-0.39, 0.29) is 5.91 Å². The first-order valence-corrected chi connectivity index (χ1v) is 8.04. The average Bonchev–Trinajstić information content (AvgIpc) is 2.31. The van der Waals surface area contributed by atoms with E-state index in [9.17, 15) is 4.79 Å². The average molecular weight is 278 g/mol. The van der Waals surface area contributed by atoms with Crippen LogP contribution in [-0.2, 0) is 4.79 Å². The fourth-order valence-corrected chi connectivity index (χ4v) is 3.08. The maximum atomic E-state index is 11.8. The van der Waals surface area contributed by atoms with Crippen LogP contribution < -0.4 is 10.6 Å². The SMILES string of the molecule is Cc1cccc(NC(=O)CCCSCC2CNC2)c1. The van der Waals surface area contributed by atoms with E-state index in [4.69, 9.17) is 0 Å². The van der Waals surface area contributed by atoms with Gasteiger partial charge >= 0.3 is 0 Å². The predicted octanol–water partition coefficient (Wildman–Crippen LogP) is 2.67. The van der Waals surface area contributed by atoms with E-state index >= 15 is 0 Å². The molecular weight excluding hydrogens is 256 g/mol. The molecule has 1 saturated heterocycles. The fourth-order valence-electron chi connectivity index (χ4n) is 2.00. The minimum atomic E-state index is 0.122. The molecule has 1 aliphatic rings. The maximum absolute atomic E-state index is 11.8. The van der Waals surface area contributed by atoms with Crippen LogP contribution in [0.2, 0.25) is 0 Å². The van der Waals surface area contributed by atoms with Crippen LogP contribution in [0.1, 0.15) is 18.4 Å². The molecule has 3 nitrogen and oxygen atoms in total. The number of hydrogen-bond acceptors (Lipinski definition) is 3. The second-order valence-electron chi connectivity index (χ2n) is 5.12. The molecule has 0 bridgehead atoms. The summed E-state index contributed by atoms with van der Waals surface area (Å²) in [7, 11) is 0. The number of carbonyl (C=O) groups excluding carboxylic acids is 1. The number of amides is 1. The molecule has 104 valence electrons. The van der Waals surface area contributed by atoms with Crippen molar-refractivity contribution in [2.45, 2.75) is 19.8 Å². The van der Waals surface area contributed by atoms with E-state index < -0.39 is 0 Å². The third kappa shape index (κ3) is 5.25. The molecule has 0 saturated carbocycles. The van der Waals surface area contributed by atoms with Gasteiger partial charge in [-0.25, -0.2) is 0 Å². The van der Waals surface area contributed by atoms with Crippen molar-refractivity contribution in [1.82, 2.24) is 5.32 Å². The van der Waals surface area contributed by atoms with Gasteiger partial charge in [0.1, 0.15) is 0 Å². The first-order chi connectivity index (χ1) is 9.24. The topological polar surface area (TPSA) is 41.1 Å². The molecular formula is C15H22N2OS. The van der Waals surface area contributed by atoms with Gasteiger partial charge in [0.2, 0.25) is 5.91 Å². The zero-order chi connectivity index (χ0) is 13.5. The Balaban J connectivity index is 1.56. The fraction of sp³-hybridized carbons (Fsp3) is 0.533. The molecule has 19 heavy (non-hydrogen) atoms. The lowest BCUT2D eigenvalue weighted by atomic mass is 10.1. The van der Waals surface area contributed by atoms with Gasteiger partial charge in [0.25, 0.3) is 0 Å². The Hall–Kier alpha value is -1.00. The number of anilines is 1. The first kappa shape index (κ1) is 14.4. The summed E-state index contributed by atoms with van der Waals surface area (Å²) in [6.07, 6.45) is 1.58. The highest BCUT2D eigenvalue weighted by molar-refractivity contribution is 7.99. The van der Waals surface area contributed by atoms with Crippen molar-refractivity contribution < 1.29 is 4.79 Å². The molecule has 1 aliphatic heterocycles. The minimum absolute atomic E-state index is 0.122. The molecule has 4 heteroatoms. The summed E-state index contributed by atoms with van der Waals surface area (Å²) in [6.45, 7) is 4.36. The molecule has 0 aromatic heterocycles. The molecule has 1 aromatic rings. The van der Waals surface area contributed by atoms with Gasteiger partial charge in [0.05, 0.1) is 0 Å². The van der Waals surface area contributed by atoms with Gasteiger partial charge in [0.15, 0.2) is 0 Å². The Morgan fingerprint density at radius 2 is 2.32 bits per heavy atom. The van der Waals surface area contributed by atoms with Crippen molar-refractivity contribution in [3.63, 3.8) is 0 Å². The largest absolute Gasteiger partial charge is 0.326 e. The van der Waals surface area contributed by atoms with Gasteiger partial charge < -0.3 is 10.6 Å². The zero-order valence-electron chi connectivity index (χ0n) is 11.4. The van der Waals surface area contributed by atoms with Gasteiger partial charge in [0, 0.05) is 12.1 Å². The smallest absolute Gasteiger partial charge is 0.224 e. The number of carbonyl (C=O) groups is 1. The van der Waals surface area contributed by atoms with Crippen molar-refractivity contribution >= 4 is 23.4 Å². The van der Waals surface area contributed by atoms with E-state index in [1.807, 2.05) is 43.0 Å². The quantitative estimate of drug-likeness (QED) is 0.753. The lowest BCUT2D eigenvalue weighted by molar-refractivity contribution is -0.116. The Kier molecular flexibility index (Phi) is 5.73. The van der Waals surface area contributed by atoms with Crippen LogP contribution >= 0.6 is 11.8 Å². The monoisotopic (exact) mass is 278 g/mol. The van der Waals surface area contributed by atoms with Crippen LogP contribution in [0.4, 0.5) is 5.69 Å². The molecule has 0 atom stereocenters. The summed E-state index contributed by atoms with van der Waals surface area (Å²) in [4.78, 5) is 11.8. The Morgan fingerprint density at radius 1 is 1.47 bits per heavy atom. The zero-order valence-corrected chi connectivity index (χ0v) is 12.3. The number of rotatable bonds is 7. The normalized spacial score (nSPS) is 15.0. The summed E-state index contributed by atoms with van der Waals surface area (Å²) in [5, 5.41) is 6.22. The Morgan fingerprint density at radius 3 is 3.00 bits per heavy atom. The minimum Gasteiger partial charge on any atom is -0.326 e. The van der Waals surface area contributed by atoms with Crippen LogP contribution in [-0.4, -0.2) is 30.5 Å². The van der Waals surface area contributed by atoms with Crippen molar-refractivity contribution in [1.29, 1.82) is 0 Å². The highest BCUT2D eigenvalue weighted by atomic mass is 32.2. The number of hydrogen-bond donors (Lipinski definition) is 2. The summed E-state index contributed by atoms with van der Waals surface area (Å²) < 4.78 is 0. The number of aryl methyl sites for hydroxylation is 1. The predicted molar refractivity (Wildman–Crippen MR) is 82.7 cm³/mol. The van der Waals surface area contributed by atoms with Gasteiger partial charge in [-0.2, -0.15) is 11.8 Å². The summed E-state index contributed by atoms with van der Waals surface area (Å²) in [5.74, 6) is 3.28. The molecule has 2 rings (SSSR count). The van der Waals surface area contributed by atoms with Crippen LogP contribution in [0.25, 0.3) is 0 Å². The molecule has 0 unspecified atom stereocenters. The van der Waals surface area contributed by atoms with Crippen molar-refractivity contribution in [3.05, 3.63) is 29.8 Å². The summed E-state index contributed by atoms with van der Waals surface area (Å²) in [5.41, 5.74) is 2.07. The molecule has 1 aromatic carbocycles. The third-order valence-corrected chi connectivity index (χ3v) is 4.50. The third-order valence-electron chi connectivity index (χ3n) is 3.21. The molecule has 1 heterocycles. The van der Waals surface area contributed by atoms with Gasteiger partial charge in [-0.05, 0) is 61.6 Å². The maximum Gasteiger partial charge on any atom is 0.224 e. The van der Waals surface area contributed by atoms with Crippen LogP contribution in [0.3, 0.4) is 0 Å².